The van der Waals surface area contributed by atoms with Gasteiger partial charge in [0.25, 0.3) is 5.91 Å². The summed E-state index contributed by atoms with van der Waals surface area (Å²) in [6.45, 7) is 1.82. The molecule has 1 aromatic heterocycles. The van der Waals surface area contributed by atoms with Crippen LogP contribution in [-0.4, -0.2) is 42.4 Å². The second-order valence-corrected chi connectivity index (χ2v) is 7.30. The van der Waals surface area contributed by atoms with Gasteiger partial charge in [-0.25, -0.2) is 0 Å². The van der Waals surface area contributed by atoms with Crippen LogP contribution in [0.25, 0.3) is 6.08 Å². The summed E-state index contributed by atoms with van der Waals surface area (Å²) >= 11 is 7.35. The zero-order valence-corrected chi connectivity index (χ0v) is 14.9. The fraction of sp³-hybridized carbons (Fsp3) is 0.143. The van der Waals surface area contributed by atoms with Crippen molar-refractivity contribution in [2.45, 2.75) is 6.92 Å². The smallest absolute Gasteiger partial charge is 0.266 e. The van der Waals surface area contributed by atoms with Crippen LogP contribution in [-0.2, 0) is 9.59 Å². The first-order valence-electron chi connectivity index (χ1n) is 6.80. The lowest BCUT2D eigenvalue weighted by Crippen LogP contribution is -2.36. The number of amides is 2. The van der Waals surface area contributed by atoms with Gasteiger partial charge in [0.1, 0.15) is 10.9 Å². The molecule has 0 aliphatic carbocycles. The molecule has 1 aliphatic heterocycles. The highest BCUT2D eigenvalue weighted by molar-refractivity contribution is 8.26. The molecular weight excluding hydrogens is 366 g/mol. The Morgan fingerprint density at radius 3 is 2.79 bits per heavy atom. The summed E-state index contributed by atoms with van der Waals surface area (Å²) in [6, 6.07) is 7.79. The Kier molecular flexibility index (Phi) is 4.97. The van der Waals surface area contributed by atoms with Crippen molar-refractivity contribution in [2.75, 3.05) is 11.9 Å². The Bertz CT molecular complexity index is 817. The third-order valence-electron chi connectivity index (χ3n) is 3.10. The molecule has 1 N–H and O–H groups in total. The van der Waals surface area contributed by atoms with Crippen LogP contribution in [0, 0.1) is 6.92 Å². The van der Waals surface area contributed by atoms with Crippen molar-refractivity contribution in [3.8, 4) is 0 Å². The van der Waals surface area contributed by atoms with Crippen LogP contribution in [0.3, 0.4) is 0 Å². The van der Waals surface area contributed by atoms with E-state index in [0.717, 1.165) is 22.7 Å². The summed E-state index contributed by atoms with van der Waals surface area (Å²) in [7, 11) is 0. The average Bonchev–Trinajstić information content (AvgIpc) is 3.14. The molecule has 1 aliphatic rings. The number of aromatic nitrogens is 3. The molecule has 10 heteroatoms. The fourth-order valence-corrected chi connectivity index (χ4v) is 3.57. The third kappa shape index (κ3) is 3.83. The van der Waals surface area contributed by atoms with E-state index in [1.165, 1.54) is 16.7 Å². The van der Waals surface area contributed by atoms with Gasteiger partial charge in [-0.3, -0.25) is 19.8 Å². The molecule has 0 bridgehead atoms. The average molecular weight is 377 g/mol. The lowest BCUT2D eigenvalue weighted by atomic mass is 10.1. The first-order valence-corrected chi connectivity index (χ1v) is 8.79. The lowest BCUT2D eigenvalue weighted by molar-refractivity contribution is -0.126. The molecule has 7 nitrogen and oxygen atoms in total. The minimum atomic E-state index is -0.401. The Morgan fingerprint density at radius 1 is 1.38 bits per heavy atom. The summed E-state index contributed by atoms with van der Waals surface area (Å²) in [5, 5.41) is 9.81. The quantitative estimate of drug-likeness (QED) is 0.645. The minimum absolute atomic E-state index is 0.171. The van der Waals surface area contributed by atoms with Gasteiger partial charge in [0, 0.05) is 11.5 Å². The van der Waals surface area contributed by atoms with E-state index < -0.39 is 5.91 Å². The Morgan fingerprint density at radius 2 is 2.12 bits per heavy atom. The summed E-state index contributed by atoms with van der Waals surface area (Å²) in [5.41, 5.74) is 2.05. The number of nitrogens with one attached hydrogen (secondary N) is 1. The molecule has 0 radical (unpaired) electrons. The van der Waals surface area contributed by atoms with Gasteiger partial charge in [0.2, 0.25) is 11.0 Å². The standard InChI is InChI=1S/C14H11N5O2S3/c1-8-2-4-9(5-3-8)6-10-12(21)19(14(22)23-10)7-11(20)15-13-16-17-18-24-13/h2-6H,7H2,1H3,(H,15,16,18,20)/b10-6-. The van der Waals surface area contributed by atoms with Gasteiger partial charge in [-0.05, 0) is 23.8 Å². The number of nitrogens with zero attached hydrogens (tertiary/aromatic N) is 4. The third-order valence-corrected chi connectivity index (χ3v) is 4.99. The lowest BCUT2D eigenvalue weighted by Gasteiger charge is -2.12. The summed E-state index contributed by atoms with van der Waals surface area (Å²) < 4.78 is 3.90. The first-order chi connectivity index (χ1) is 11.5. The zero-order valence-electron chi connectivity index (χ0n) is 12.4. The Balaban J connectivity index is 1.69. The van der Waals surface area contributed by atoms with Gasteiger partial charge in [0.15, 0.2) is 0 Å². The van der Waals surface area contributed by atoms with Gasteiger partial charge in [-0.15, -0.1) is 0 Å². The molecule has 1 saturated heterocycles. The van der Waals surface area contributed by atoms with Crippen molar-refractivity contribution >= 4 is 62.9 Å². The van der Waals surface area contributed by atoms with Crippen LogP contribution in [0.5, 0.6) is 0 Å². The van der Waals surface area contributed by atoms with Gasteiger partial charge >= 0.3 is 0 Å². The van der Waals surface area contributed by atoms with Crippen molar-refractivity contribution in [1.82, 2.24) is 19.7 Å². The molecule has 0 spiro atoms. The van der Waals surface area contributed by atoms with Gasteiger partial charge in [-0.2, -0.15) is 0 Å². The maximum atomic E-state index is 12.5. The maximum absolute atomic E-state index is 12.5. The second-order valence-electron chi connectivity index (χ2n) is 4.89. The van der Waals surface area contributed by atoms with Crippen molar-refractivity contribution in [3.63, 3.8) is 0 Å². The van der Waals surface area contributed by atoms with E-state index >= 15 is 0 Å². The largest absolute Gasteiger partial charge is 0.298 e. The fourth-order valence-electron chi connectivity index (χ4n) is 1.93. The van der Waals surface area contributed by atoms with Crippen LogP contribution >= 0.6 is 35.5 Å². The number of carbonyl (C=O) groups excluding carboxylic acids is 2. The highest BCUT2D eigenvalue weighted by Gasteiger charge is 2.33. The van der Waals surface area contributed by atoms with E-state index in [4.69, 9.17) is 12.2 Å². The van der Waals surface area contributed by atoms with Crippen LogP contribution in [0.4, 0.5) is 5.13 Å². The van der Waals surface area contributed by atoms with E-state index in [-0.39, 0.29) is 17.6 Å². The van der Waals surface area contributed by atoms with E-state index in [9.17, 15) is 9.59 Å². The normalized spacial score (nSPS) is 16.0. The number of hydrogen-bond acceptors (Lipinski definition) is 8. The number of rotatable bonds is 4. The molecule has 2 heterocycles. The van der Waals surface area contributed by atoms with Crippen molar-refractivity contribution < 1.29 is 9.59 Å². The molecule has 2 amide bonds. The number of thiocarbonyl (C=S) groups is 1. The molecule has 1 fully saturated rings. The molecule has 1 aromatic carbocycles. The number of carbonyl (C=O) groups is 2. The van der Waals surface area contributed by atoms with Crippen LogP contribution in [0.2, 0.25) is 0 Å². The second kappa shape index (κ2) is 7.16. The molecule has 2 aromatic rings. The van der Waals surface area contributed by atoms with E-state index in [0.29, 0.717) is 9.23 Å². The molecule has 0 saturated carbocycles. The molecule has 24 heavy (non-hydrogen) atoms. The number of thioether (sulfide) groups is 1. The summed E-state index contributed by atoms with van der Waals surface area (Å²) in [4.78, 5) is 26.2. The van der Waals surface area contributed by atoms with Gasteiger partial charge < -0.3 is 0 Å². The SMILES string of the molecule is Cc1ccc(/C=C2\SC(=S)N(CC(=O)Nc3nnns3)C2=O)cc1. The zero-order chi connectivity index (χ0) is 17.1. The monoisotopic (exact) mass is 377 g/mol. The molecule has 0 unspecified atom stereocenters. The van der Waals surface area contributed by atoms with Crippen molar-refractivity contribution in [1.29, 1.82) is 0 Å². The summed E-state index contributed by atoms with van der Waals surface area (Å²) in [6.07, 6.45) is 1.77. The topological polar surface area (TPSA) is 88.1 Å². The Hall–Kier alpha value is -2.17. The van der Waals surface area contributed by atoms with E-state index in [1.54, 1.807) is 6.08 Å². The maximum Gasteiger partial charge on any atom is 0.266 e. The van der Waals surface area contributed by atoms with Crippen LogP contribution in [0.15, 0.2) is 29.2 Å². The minimum Gasteiger partial charge on any atom is -0.298 e. The number of anilines is 1. The van der Waals surface area contributed by atoms with Gasteiger partial charge in [0.05, 0.1) is 4.91 Å². The molecule has 0 atom stereocenters. The molecule has 122 valence electrons. The van der Waals surface area contributed by atoms with Crippen LogP contribution in [0.1, 0.15) is 11.1 Å². The predicted molar refractivity (Wildman–Crippen MR) is 97.4 cm³/mol. The number of aryl methyl sites for hydroxylation is 1. The predicted octanol–water partition coefficient (Wildman–Crippen LogP) is 2.08. The summed E-state index contributed by atoms with van der Waals surface area (Å²) in [5.74, 6) is -0.683. The Labute approximate surface area is 151 Å². The van der Waals surface area contributed by atoms with Crippen molar-refractivity contribution in [3.05, 3.63) is 40.3 Å². The highest BCUT2D eigenvalue weighted by atomic mass is 32.2. The van der Waals surface area contributed by atoms with Gasteiger partial charge in [-0.1, -0.05) is 63.4 Å². The molecular formula is C14H11N5O2S3. The van der Waals surface area contributed by atoms with E-state index in [1.807, 2.05) is 31.2 Å². The number of hydrogen-bond donors (Lipinski definition) is 1. The molecule has 3 rings (SSSR count). The van der Waals surface area contributed by atoms with Crippen LogP contribution < -0.4 is 5.32 Å². The first kappa shape index (κ1) is 16.7. The van der Waals surface area contributed by atoms with E-state index in [2.05, 4.69) is 20.1 Å². The number of benzene rings is 1. The highest BCUT2D eigenvalue weighted by Crippen LogP contribution is 2.32. The van der Waals surface area contributed by atoms with Crippen molar-refractivity contribution in [2.24, 2.45) is 0 Å².